The van der Waals surface area contributed by atoms with Crippen LogP contribution in [0.3, 0.4) is 0 Å². The fourth-order valence-corrected chi connectivity index (χ4v) is 1.54. The fraction of sp³-hybridized carbons (Fsp3) is 0.333. The Balaban J connectivity index is 2.84. The molecule has 1 aromatic rings. The largest absolute Gasteiger partial charge is 0.481 e. The van der Waals surface area contributed by atoms with E-state index in [1.807, 2.05) is 25.1 Å². The Bertz CT molecular complexity index is 376. The summed E-state index contributed by atoms with van der Waals surface area (Å²) in [6.07, 6.45) is 0.931. The third-order valence-corrected chi connectivity index (χ3v) is 2.43. The van der Waals surface area contributed by atoms with Crippen LogP contribution in [0.2, 0.25) is 0 Å². The number of benzene rings is 1. The molecule has 1 unspecified atom stereocenters. The van der Waals surface area contributed by atoms with Crippen LogP contribution in [0.25, 0.3) is 0 Å². The average Bonchev–Trinajstić information content (AvgIpc) is 2.26. The number of aliphatic carboxylic acids is 1. The minimum atomic E-state index is -0.786. The number of hydrogen-bond acceptors (Lipinski definition) is 2. The molecular formula is C12H13NO2. The third-order valence-electron chi connectivity index (χ3n) is 2.43. The Kier molecular flexibility index (Phi) is 3.87. The van der Waals surface area contributed by atoms with Crippen molar-refractivity contribution in [3.63, 3.8) is 0 Å². The SMILES string of the molecule is CCC(CC(=O)O)c1ccc(C#N)cc1. The van der Waals surface area contributed by atoms with Crippen molar-refractivity contribution in [3.05, 3.63) is 35.4 Å². The molecule has 15 heavy (non-hydrogen) atoms. The lowest BCUT2D eigenvalue weighted by Gasteiger charge is -2.12. The zero-order chi connectivity index (χ0) is 11.3. The minimum absolute atomic E-state index is 0.0373. The summed E-state index contributed by atoms with van der Waals surface area (Å²) in [6.45, 7) is 1.96. The highest BCUT2D eigenvalue weighted by atomic mass is 16.4. The van der Waals surface area contributed by atoms with Gasteiger partial charge in [0.15, 0.2) is 0 Å². The van der Waals surface area contributed by atoms with Crippen molar-refractivity contribution < 1.29 is 9.90 Å². The number of hydrogen-bond donors (Lipinski definition) is 1. The van der Waals surface area contributed by atoms with Gasteiger partial charge in [-0.25, -0.2) is 0 Å². The molecule has 3 nitrogen and oxygen atoms in total. The molecule has 0 saturated heterocycles. The van der Waals surface area contributed by atoms with Gasteiger partial charge in [0.1, 0.15) is 0 Å². The first-order valence-corrected chi connectivity index (χ1v) is 4.89. The predicted octanol–water partition coefficient (Wildman–Crippen LogP) is 2.53. The van der Waals surface area contributed by atoms with Crippen LogP contribution in [0.1, 0.15) is 36.8 Å². The lowest BCUT2D eigenvalue weighted by molar-refractivity contribution is -0.137. The summed E-state index contributed by atoms with van der Waals surface area (Å²) in [5.74, 6) is -0.749. The Hall–Kier alpha value is -1.82. The van der Waals surface area contributed by atoms with Crippen LogP contribution in [0.4, 0.5) is 0 Å². The van der Waals surface area contributed by atoms with Crippen LogP contribution in [0, 0.1) is 11.3 Å². The molecule has 0 spiro atoms. The van der Waals surface area contributed by atoms with E-state index in [0.717, 1.165) is 12.0 Å². The summed E-state index contributed by atoms with van der Waals surface area (Å²) in [5, 5.41) is 17.4. The molecule has 78 valence electrons. The number of nitrogens with zero attached hydrogens (tertiary/aromatic N) is 1. The summed E-state index contributed by atoms with van der Waals surface area (Å²) >= 11 is 0. The van der Waals surface area contributed by atoms with Crippen LogP contribution in [-0.2, 0) is 4.79 Å². The molecule has 0 saturated carbocycles. The number of carbonyl (C=O) groups is 1. The van der Waals surface area contributed by atoms with Gasteiger partial charge in [-0.3, -0.25) is 4.79 Å². The van der Waals surface area contributed by atoms with Gasteiger partial charge in [0.2, 0.25) is 0 Å². The highest BCUT2D eigenvalue weighted by molar-refractivity contribution is 5.68. The Labute approximate surface area is 89.0 Å². The van der Waals surface area contributed by atoms with Gasteiger partial charge >= 0.3 is 5.97 Å². The molecule has 0 aromatic heterocycles. The minimum Gasteiger partial charge on any atom is -0.481 e. The smallest absolute Gasteiger partial charge is 0.303 e. The first-order valence-electron chi connectivity index (χ1n) is 4.89. The van der Waals surface area contributed by atoms with Gasteiger partial charge in [-0.1, -0.05) is 19.1 Å². The van der Waals surface area contributed by atoms with Gasteiger partial charge in [0, 0.05) is 0 Å². The van der Waals surface area contributed by atoms with Crippen LogP contribution >= 0.6 is 0 Å². The predicted molar refractivity (Wildman–Crippen MR) is 56.4 cm³/mol. The van der Waals surface area contributed by atoms with Crippen molar-refractivity contribution >= 4 is 5.97 Å². The first kappa shape index (κ1) is 11.3. The van der Waals surface area contributed by atoms with Gasteiger partial charge in [-0.2, -0.15) is 5.26 Å². The van der Waals surface area contributed by atoms with Crippen LogP contribution in [-0.4, -0.2) is 11.1 Å². The topological polar surface area (TPSA) is 61.1 Å². The number of nitriles is 1. The van der Waals surface area contributed by atoms with E-state index in [2.05, 4.69) is 0 Å². The van der Waals surface area contributed by atoms with E-state index in [-0.39, 0.29) is 12.3 Å². The normalized spacial score (nSPS) is 11.7. The standard InChI is InChI=1S/C12H13NO2/c1-2-10(7-12(14)15)11-5-3-9(8-13)4-6-11/h3-6,10H,2,7H2,1H3,(H,14,15). The van der Waals surface area contributed by atoms with Gasteiger partial charge in [-0.05, 0) is 30.0 Å². The molecule has 3 heteroatoms. The molecule has 0 fully saturated rings. The van der Waals surface area contributed by atoms with Crippen molar-refractivity contribution in [2.24, 2.45) is 0 Å². The molecule has 0 aliphatic rings. The van der Waals surface area contributed by atoms with Crippen molar-refractivity contribution in [1.29, 1.82) is 5.26 Å². The van der Waals surface area contributed by atoms with Crippen LogP contribution < -0.4 is 0 Å². The highest BCUT2D eigenvalue weighted by Gasteiger charge is 2.13. The lowest BCUT2D eigenvalue weighted by Crippen LogP contribution is -2.05. The van der Waals surface area contributed by atoms with Crippen molar-refractivity contribution in [1.82, 2.24) is 0 Å². The second-order valence-corrected chi connectivity index (χ2v) is 3.44. The second-order valence-electron chi connectivity index (χ2n) is 3.44. The third kappa shape index (κ3) is 3.10. The molecule has 0 heterocycles. The van der Waals surface area contributed by atoms with E-state index in [1.54, 1.807) is 12.1 Å². The Morgan fingerprint density at radius 2 is 2.07 bits per heavy atom. The van der Waals surface area contributed by atoms with E-state index in [1.165, 1.54) is 0 Å². The second kappa shape index (κ2) is 5.16. The van der Waals surface area contributed by atoms with Crippen LogP contribution in [0.5, 0.6) is 0 Å². The summed E-state index contributed by atoms with van der Waals surface area (Å²) in [4.78, 5) is 10.6. The number of carboxylic acids is 1. The van der Waals surface area contributed by atoms with E-state index in [9.17, 15) is 4.79 Å². The molecule has 0 aliphatic heterocycles. The average molecular weight is 203 g/mol. The molecule has 0 amide bonds. The molecule has 1 aromatic carbocycles. The molecule has 1 N–H and O–H groups in total. The van der Waals surface area contributed by atoms with Crippen molar-refractivity contribution in [3.8, 4) is 6.07 Å². The maximum Gasteiger partial charge on any atom is 0.303 e. The van der Waals surface area contributed by atoms with E-state index >= 15 is 0 Å². The summed E-state index contributed by atoms with van der Waals surface area (Å²) in [7, 11) is 0. The summed E-state index contributed by atoms with van der Waals surface area (Å²) in [6, 6.07) is 9.14. The molecule has 0 aliphatic carbocycles. The zero-order valence-corrected chi connectivity index (χ0v) is 8.60. The Morgan fingerprint density at radius 1 is 1.47 bits per heavy atom. The van der Waals surface area contributed by atoms with E-state index < -0.39 is 5.97 Å². The first-order chi connectivity index (χ1) is 7.17. The monoisotopic (exact) mass is 203 g/mol. The molecule has 1 atom stereocenters. The Morgan fingerprint density at radius 3 is 2.47 bits per heavy atom. The lowest BCUT2D eigenvalue weighted by atomic mass is 9.93. The number of carboxylic acid groups (broad SMARTS) is 1. The maximum atomic E-state index is 10.6. The fourth-order valence-electron chi connectivity index (χ4n) is 1.54. The zero-order valence-electron chi connectivity index (χ0n) is 8.60. The van der Waals surface area contributed by atoms with E-state index in [0.29, 0.717) is 5.56 Å². The quantitative estimate of drug-likeness (QED) is 0.817. The maximum absolute atomic E-state index is 10.6. The van der Waals surface area contributed by atoms with Gasteiger partial charge in [0.25, 0.3) is 0 Å². The number of rotatable bonds is 4. The molecule has 0 radical (unpaired) electrons. The summed E-state index contributed by atoms with van der Waals surface area (Å²) in [5.41, 5.74) is 1.59. The van der Waals surface area contributed by atoms with Crippen molar-refractivity contribution in [2.75, 3.05) is 0 Å². The highest BCUT2D eigenvalue weighted by Crippen LogP contribution is 2.23. The van der Waals surface area contributed by atoms with Gasteiger partial charge in [0.05, 0.1) is 18.1 Å². The molecule has 0 bridgehead atoms. The van der Waals surface area contributed by atoms with Crippen LogP contribution in [0.15, 0.2) is 24.3 Å². The van der Waals surface area contributed by atoms with Gasteiger partial charge in [-0.15, -0.1) is 0 Å². The van der Waals surface area contributed by atoms with Crippen molar-refractivity contribution in [2.45, 2.75) is 25.7 Å². The molecular weight excluding hydrogens is 190 g/mol. The van der Waals surface area contributed by atoms with E-state index in [4.69, 9.17) is 10.4 Å². The summed E-state index contributed by atoms with van der Waals surface area (Å²) < 4.78 is 0. The molecule has 1 rings (SSSR count). The van der Waals surface area contributed by atoms with Gasteiger partial charge < -0.3 is 5.11 Å².